The third kappa shape index (κ3) is 1.96. The molecule has 1 aliphatic rings. The van der Waals surface area contributed by atoms with Crippen LogP contribution in [0.2, 0.25) is 0 Å². The predicted octanol–water partition coefficient (Wildman–Crippen LogP) is 3.29. The maximum absolute atomic E-state index is 12.1. The minimum absolute atomic E-state index is 0.129. The maximum Gasteiger partial charge on any atom is 0.176 e. The molecular weight excluding hydrogens is 220 g/mol. The van der Waals surface area contributed by atoms with Crippen molar-refractivity contribution >= 4 is 17.5 Å². The topological polar surface area (TPSA) is 26.3 Å². The Morgan fingerprint density at radius 1 is 1.44 bits per heavy atom. The lowest BCUT2D eigenvalue weighted by Gasteiger charge is -2.23. The average molecular weight is 236 g/mol. The molecule has 0 spiro atoms. The Morgan fingerprint density at radius 2 is 2.25 bits per heavy atom. The summed E-state index contributed by atoms with van der Waals surface area (Å²) in [7, 11) is 0. The third-order valence-corrected chi connectivity index (χ3v) is 4.20. The molecule has 1 unspecified atom stereocenters. The first-order valence-corrected chi connectivity index (χ1v) is 6.73. The average Bonchev–Trinajstić information content (AvgIpc) is 2.31. The van der Waals surface area contributed by atoms with Crippen molar-refractivity contribution in [3.05, 3.63) is 29.3 Å². The summed E-state index contributed by atoms with van der Waals surface area (Å²) < 4.78 is 5.56. The predicted molar refractivity (Wildman–Crippen MR) is 67.3 cm³/mol. The molecule has 0 N–H and O–H groups in total. The van der Waals surface area contributed by atoms with Crippen LogP contribution in [0.1, 0.15) is 36.2 Å². The minimum atomic E-state index is 0.129. The highest BCUT2D eigenvalue weighted by atomic mass is 32.2. The zero-order chi connectivity index (χ0) is 11.5. The zero-order valence-electron chi connectivity index (χ0n) is 9.66. The van der Waals surface area contributed by atoms with Crippen molar-refractivity contribution in [1.29, 1.82) is 0 Å². The first kappa shape index (κ1) is 11.5. The molecule has 2 nitrogen and oxygen atoms in total. The lowest BCUT2D eigenvalue weighted by molar-refractivity contribution is 0.0985. The van der Waals surface area contributed by atoms with Gasteiger partial charge in [-0.1, -0.05) is 19.1 Å². The van der Waals surface area contributed by atoms with E-state index in [1.165, 1.54) is 0 Å². The number of fused-ring (bicyclic) bond motifs is 1. The molecule has 0 fully saturated rings. The second-order valence-electron chi connectivity index (χ2n) is 3.79. The van der Waals surface area contributed by atoms with E-state index in [-0.39, 0.29) is 11.0 Å². The van der Waals surface area contributed by atoms with Crippen LogP contribution in [0.3, 0.4) is 0 Å². The van der Waals surface area contributed by atoms with Crippen LogP contribution in [0.5, 0.6) is 5.75 Å². The van der Waals surface area contributed by atoms with Crippen molar-refractivity contribution in [2.24, 2.45) is 0 Å². The summed E-state index contributed by atoms with van der Waals surface area (Å²) in [6.07, 6.45) is 0.905. The summed E-state index contributed by atoms with van der Waals surface area (Å²) in [5.41, 5.74) is 1.93. The van der Waals surface area contributed by atoms with Gasteiger partial charge in [-0.3, -0.25) is 4.79 Å². The number of benzene rings is 1. The lowest BCUT2D eigenvalue weighted by Crippen LogP contribution is -2.23. The molecule has 1 aromatic carbocycles. The number of carbonyl (C=O) groups is 1. The molecule has 0 radical (unpaired) electrons. The fourth-order valence-electron chi connectivity index (χ4n) is 1.97. The monoisotopic (exact) mass is 236 g/mol. The largest absolute Gasteiger partial charge is 0.494 e. The molecule has 0 bridgehead atoms. The Hall–Kier alpha value is -0.960. The number of rotatable bonds is 3. The smallest absolute Gasteiger partial charge is 0.176 e. The molecule has 1 aliphatic heterocycles. The van der Waals surface area contributed by atoms with E-state index in [0.717, 1.165) is 29.1 Å². The highest BCUT2D eigenvalue weighted by molar-refractivity contribution is 8.00. The van der Waals surface area contributed by atoms with E-state index in [0.29, 0.717) is 6.61 Å². The second kappa shape index (κ2) is 4.91. The Kier molecular flexibility index (Phi) is 3.54. The van der Waals surface area contributed by atoms with Gasteiger partial charge in [0.2, 0.25) is 0 Å². The Morgan fingerprint density at radius 3 is 2.94 bits per heavy atom. The fourth-order valence-corrected chi connectivity index (χ4v) is 3.15. The molecular formula is C13H16O2S. The quantitative estimate of drug-likeness (QED) is 0.805. The summed E-state index contributed by atoms with van der Waals surface area (Å²) in [6, 6.07) is 5.77. The van der Waals surface area contributed by atoms with Gasteiger partial charge in [-0.05, 0) is 19.4 Å². The highest BCUT2D eigenvalue weighted by Gasteiger charge is 2.28. The Balaban J connectivity index is 2.38. The maximum atomic E-state index is 12.1. The van der Waals surface area contributed by atoms with E-state index in [2.05, 4.69) is 6.92 Å². The van der Waals surface area contributed by atoms with E-state index in [1.54, 1.807) is 11.8 Å². The van der Waals surface area contributed by atoms with Crippen molar-refractivity contribution in [3.8, 4) is 5.75 Å². The Bertz CT molecular complexity index is 401. The van der Waals surface area contributed by atoms with Crippen LogP contribution in [0, 0.1) is 0 Å². The number of ketones is 1. The van der Waals surface area contributed by atoms with Gasteiger partial charge in [0.25, 0.3) is 0 Å². The van der Waals surface area contributed by atoms with Crippen molar-refractivity contribution in [3.63, 3.8) is 0 Å². The summed E-state index contributed by atoms with van der Waals surface area (Å²) in [6.45, 7) is 4.67. The zero-order valence-corrected chi connectivity index (χ0v) is 10.5. The van der Waals surface area contributed by atoms with Crippen LogP contribution < -0.4 is 4.74 Å². The van der Waals surface area contributed by atoms with Crippen molar-refractivity contribution in [1.82, 2.24) is 0 Å². The van der Waals surface area contributed by atoms with E-state index >= 15 is 0 Å². The summed E-state index contributed by atoms with van der Waals surface area (Å²) in [5, 5.41) is 0.129. The van der Waals surface area contributed by atoms with Crippen LogP contribution in [0.15, 0.2) is 18.2 Å². The first-order valence-electron chi connectivity index (χ1n) is 5.68. The molecule has 1 heterocycles. The van der Waals surface area contributed by atoms with Gasteiger partial charge in [0.05, 0.1) is 11.9 Å². The fraction of sp³-hybridized carbons (Fsp3) is 0.462. The molecule has 2 rings (SSSR count). The van der Waals surface area contributed by atoms with Gasteiger partial charge >= 0.3 is 0 Å². The van der Waals surface area contributed by atoms with Gasteiger partial charge in [0.15, 0.2) is 5.78 Å². The standard InChI is InChI=1S/C13H16O2S/c1-3-12-13(14)9-6-5-7-11(15-4-2)10(9)8-16-12/h5-7,12H,3-4,8H2,1-2H3. The molecule has 0 aromatic heterocycles. The van der Waals surface area contributed by atoms with Crippen molar-refractivity contribution in [2.45, 2.75) is 31.3 Å². The summed E-state index contributed by atoms with van der Waals surface area (Å²) in [5.74, 6) is 2.01. The van der Waals surface area contributed by atoms with Gasteiger partial charge in [0, 0.05) is 16.9 Å². The number of carbonyl (C=O) groups excluding carboxylic acids is 1. The SMILES string of the molecule is CCOc1cccc2c1CSC(CC)C2=O. The van der Waals surface area contributed by atoms with E-state index < -0.39 is 0 Å². The van der Waals surface area contributed by atoms with E-state index in [9.17, 15) is 4.79 Å². The van der Waals surface area contributed by atoms with E-state index in [4.69, 9.17) is 4.74 Å². The molecule has 0 saturated heterocycles. The van der Waals surface area contributed by atoms with E-state index in [1.807, 2.05) is 25.1 Å². The van der Waals surface area contributed by atoms with Gasteiger partial charge in [-0.15, -0.1) is 11.8 Å². The molecule has 0 amide bonds. The van der Waals surface area contributed by atoms with Crippen LogP contribution in [-0.4, -0.2) is 17.6 Å². The van der Waals surface area contributed by atoms with Crippen LogP contribution in [0.25, 0.3) is 0 Å². The summed E-state index contributed by atoms with van der Waals surface area (Å²) >= 11 is 1.72. The third-order valence-electron chi connectivity index (χ3n) is 2.79. The van der Waals surface area contributed by atoms with Gasteiger partial charge in [-0.2, -0.15) is 0 Å². The molecule has 0 saturated carbocycles. The summed E-state index contributed by atoms with van der Waals surface area (Å²) in [4.78, 5) is 12.1. The van der Waals surface area contributed by atoms with Crippen LogP contribution in [-0.2, 0) is 5.75 Å². The molecule has 1 aromatic rings. The van der Waals surface area contributed by atoms with Gasteiger partial charge in [0.1, 0.15) is 5.75 Å². The Labute approximate surface area is 100 Å². The molecule has 16 heavy (non-hydrogen) atoms. The number of ether oxygens (including phenoxy) is 1. The van der Waals surface area contributed by atoms with Crippen LogP contribution in [0.4, 0.5) is 0 Å². The molecule has 3 heteroatoms. The normalized spacial score (nSPS) is 19.4. The van der Waals surface area contributed by atoms with Crippen molar-refractivity contribution in [2.75, 3.05) is 6.61 Å². The van der Waals surface area contributed by atoms with Crippen molar-refractivity contribution < 1.29 is 9.53 Å². The number of Topliss-reactive ketones (excluding diaryl/α,β-unsaturated/α-hetero) is 1. The second-order valence-corrected chi connectivity index (χ2v) is 4.98. The minimum Gasteiger partial charge on any atom is -0.494 e. The molecule has 0 aliphatic carbocycles. The first-order chi connectivity index (χ1) is 7.77. The molecule has 86 valence electrons. The number of hydrogen-bond donors (Lipinski definition) is 0. The van der Waals surface area contributed by atoms with Crippen LogP contribution >= 0.6 is 11.8 Å². The lowest BCUT2D eigenvalue weighted by atomic mass is 10.00. The molecule has 1 atom stereocenters. The number of thioether (sulfide) groups is 1. The number of hydrogen-bond acceptors (Lipinski definition) is 3. The van der Waals surface area contributed by atoms with Gasteiger partial charge < -0.3 is 4.74 Å². The highest BCUT2D eigenvalue weighted by Crippen LogP contribution is 2.36. The van der Waals surface area contributed by atoms with Gasteiger partial charge in [-0.25, -0.2) is 0 Å².